The van der Waals surface area contributed by atoms with Gasteiger partial charge in [0.15, 0.2) is 0 Å². The lowest BCUT2D eigenvalue weighted by Gasteiger charge is -2.22. The van der Waals surface area contributed by atoms with Gasteiger partial charge in [-0.25, -0.2) is 0 Å². The van der Waals surface area contributed by atoms with Gasteiger partial charge in [0.1, 0.15) is 6.29 Å². The van der Waals surface area contributed by atoms with Crippen molar-refractivity contribution >= 4 is 6.29 Å². The molecule has 2 nitrogen and oxygen atoms in total. The van der Waals surface area contributed by atoms with Crippen LogP contribution in [0.5, 0.6) is 0 Å². The predicted octanol–water partition coefficient (Wildman–Crippen LogP) is 0.451. The van der Waals surface area contributed by atoms with Crippen LogP contribution in [0.15, 0.2) is 11.6 Å². The summed E-state index contributed by atoms with van der Waals surface area (Å²) in [6.07, 6.45) is 8.96. The molecule has 0 radical (unpaired) electrons. The SMILES string of the molecule is C#CCN1CCC=C(C=O)C1. The second kappa shape index (κ2) is 3.95. The van der Waals surface area contributed by atoms with E-state index in [1.807, 2.05) is 6.08 Å². The number of carbonyl (C=O) groups is 1. The van der Waals surface area contributed by atoms with E-state index in [1.165, 1.54) is 0 Å². The second-order valence-corrected chi connectivity index (χ2v) is 2.60. The zero-order valence-electron chi connectivity index (χ0n) is 6.42. The Morgan fingerprint density at radius 2 is 2.64 bits per heavy atom. The first-order chi connectivity index (χ1) is 5.36. The molecule has 1 aliphatic rings. The summed E-state index contributed by atoms with van der Waals surface area (Å²) in [6.45, 7) is 2.33. The highest BCUT2D eigenvalue weighted by Gasteiger charge is 2.09. The summed E-state index contributed by atoms with van der Waals surface area (Å²) < 4.78 is 0. The van der Waals surface area contributed by atoms with Gasteiger partial charge in [0.05, 0.1) is 6.54 Å². The van der Waals surface area contributed by atoms with Crippen molar-refractivity contribution in [3.8, 4) is 12.3 Å². The molecule has 0 bridgehead atoms. The van der Waals surface area contributed by atoms with E-state index in [9.17, 15) is 4.79 Å². The number of hydrogen-bond donors (Lipinski definition) is 0. The highest BCUT2D eigenvalue weighted by molar-refractivity contribution is 5.73. The second-order valence-electron chi connectivity index (χ2n) is 2.60. The molecule has 2 heteroatoms. The van der Waals surface area contributed by atoms with Crippen LogP contribution < -0.4 is 0 Å². The maximum Gasteiger partial charge on any atom is 0.147 e. The van der Waals surface area contributed by atoms with Crippen molar-refractivity contribution in [3.63, 3.8) is 0 Å². The van der Waals surface area contributed by atoms with Gasteiger partial charge < -0.3 is 0 Å². The summed E-state index contributed by atoms with van der Waals surface area (Å²) in [7, 11) is 0. The molecule has 11 heavy (non-hydrogen) atoms. The lowest BCUT2D eigenvalue weighted by atomic mass is 10.1. The normalized spacial score (nSPS) is 18.6. The third-order valence-electron chi connectivity index (χ3n) is 1.72. The van der Waals surface area contributed by atoms with Crippen LogP contribution >= 0.6 is 0 Å². The monoisotopic (exact) mass is 149 g/mol. The van der Waals surface area contributed by atoms with Crippen LogP contribution in [0.4, 0.5) is 0 Å². The molecule has 0 aromatic heterocycles. The first-order valence-electron chi connectivity index (χ1n) is 3.67. The standard InChI is InChI=1S/C9H11NO/c1-2-5-10-6-3-4-9(7-10)8-11/h1,4,8H,3,5-7H2. The minimum Gasteiger partial charge on any atom is -0.298 e. The Bertz CT molecular complexity index is 212. The maximum atomic E-state index is 10.4. The van der Waals surface area contributed by atoms with E-state index in [1.54, 1.807) is 0 Å². The molecular formula is C9H11NO. The van der Waals surface area contributed by atoms with E-state index < -0.39 is 0 Å². The van der Waals surface area contributed by atoms with Crippen LogP contribution in [0, 0.1) is 12.3 Å². The van der Waals surface area contributed by atoms with Crippen molar-refractivity contribution in [2.45, 2.75) is 6.42 Å². The van der Waals surface area contributed by atoms with Crippen molar-refractivity contribution in [1.82, 2.24) is 4.90 Å². The molecule has 0 N–H and O–H groups in total. The van der Waals surface area contributed by atoms with E-state index in [0.29, 0.717) is 13.1 Å². The van der Waals surface area contributed by atoms with Gasteiger partial charge in [-0.15, -0.1) is 6.42 Å². The van der Waals surface area contributed by atoms with Gasteiger partial charge in [-0.05, 0) is 6.42 Å². The minimum absolute atomic E-state index is 0.644. The maximum absolute atomic E-state index is 10.4. The van der Waals surface area contributed by atoms with Gasteiger partial charge >= 0.3 is 0 Å². The number of nitrogens with zero attached hydrogens (tertiary/aromatic N) is 1. The number of rotatable bonds is 2. The van der Waals surface area contributed by atoms with Crippen LogP contribution in [0.2, 0.25) is 0 Å². The molecule has 0 saturated heterocycles. The van der Waals surface area contributed by atoms with Gasteiger partial charge in [0.2, 0.25) is 0 Å². The summed E-state index contributed by atoms with van der Waals surface area (Å²) in [5, 5.41) is 0. The highest BCUT2D eigenvalue weighted by Crippen LogP contribution is 2.05. The summed E-state index contributed by atoms with van der Waals surface area (Å²) in [5.74, 6) is 2.56. The Kier molecular flexibility index (Phi) is 2.88. The number of hydrogen-bond acceptors (Lipinski definition) is 2. The molecule has 0 aliphatic carbocycles. The van der Waals surface area contributed by atoms with Gasteiger partial charge in [0, 0.05) is 18.7 Å². The van der Waals surface area contributed by atoms with Crippen LogP contribution in [0.3, 0.4) is 0 Å². The third-order valence-corrected chi connectivity index (χ3v) is 1.72. The predicted molar refractivity (Wildman–Crippen MR) is 44.0 cm³/mol. The molecule has 0 spiro atoms. The summed E-state index contributed by atoms with van der Waals surface area (Å²) in [5.41, 5.74) is 0.853. The smallest absolute Gasteiger partial charge is 0.147 e. The molecule has 1 rings (SSSR count). The third kappa shape index (κ3) is 2.21. The van der Waals surface area contributed by atoms with E-state index >= 15 is 0 Å². The molecule has 1 heterocycles. The molecule has 0 unspecified atom stereocenters. The zero-order valence-corrected chi connectivity index (χ0v) is 6.42. The van der Waals surface area contributed by atoms with Crippen molar-refractivity contribution in [3.05, 3.63) is 11.6 Å². The molecule has 0 atom stereocenters. The van der Waals surface area contributed by atoms with E-state index in [-0.39, 0.29) is 0 Å². The van der Waals surface area contributed by atoms with Gasteiger partial charge in [0.25, 0.3) is 0 Å². The van der Waals surface area contributed by atoms with Crippen LogP contribution in [0.1, 0.15) is 6.42 Å². The van der Waals surface area contributed by atoms with Crippen molar-refractivity contribution in [2.24, 2.45) is 0 Å². The molecule has 0 aromatic rings. The number of carbonyl (C=O) groups excluding carboxylic acids is 1. The van der Waals surface area contributed by atoms with Crippen molar-refractivity contribution in [2.75, 3.05) is 19.6 Å². The fourth-order valence-corrected chi connectivity index (χ4v) is 1.18. The average molecular weight is 149 g/mol. The van der Waals surface area contributed by atoms with Crippen LogP contribution in [-0.4, -0.2) is 30.8 Å². The summed E-state index contributed by atoms with van der Waals surface area (Å²) in [6, 6.07) is 0. The Balaban J connectivity index is 2.47. The van der Waals surface area contributed by atoms with Crippen molar-refractivity contribution in [1.29, 1.82) is 0 Å². The van der Waals surface area contributed by atoms with E-state index in [2.05, 4.69) is 10.8 Å². The first-order valence-corrected chi connectivity index (χ1v) is 3.67. The summed E-state index contributed by atoms with van der Waals surface area (Å²) >= 11 is 0. The topological polar surface area (TPSA) is 20.3 Å². The Hall–Kier alpha value is -1.07. The lowest BCUT2D eigenvalue weighted by molar-refractivity contribution is -0.105. The average Bonchev–Trinajstić information content (AvgIpc) is 2.06. The largest absolute Gasteiger partial charge is 0.298 e. The quantitative estimate of drug-likeness (QED) is 0.419. The van der Waals surface area contributed by atoms with E-state index in [0.717, 1.165) is 24.8 Å². The molecule has 0 saturated carbocycles. The van der Waals surface area contributed by atoms with Crippen LogP contribution in [0.25, 0.3) is 0 Å². The van der Waals surface area contributed by atoms with E-state index in [4.69, 9.17) is 6.42 Å². The molecule has 0 amide bonds. The molecule has 1 aliphatic heterocycles. The molecule has 0 aromatic carbocycles. The first kappa shape index (κ1) is 8.03. The Labute approximate surface area is 66.9 Å². The van der Waals surface area contributed by atoms with Gasteiger partial charge in [-0.2, -0.15) is 0 Å². The van der Waals surface area contributed by atoms with Gasteiger partial charge in [-0.3, -0.25) is 9.69 Å². The van der Waals surface area contributed by atoms with Crippen molar-refractivity contribution < 1.29 is 4.79 Å². The molecular weight excluding hydrogens is 138 g/mol. The zero-order chi connectivity index (χ0) is 8.10. The molecule has 0 fully saturated rings. The Morgan fingerprint density at radius 3 is 3.27 bits per heavy atom. The lowest BCUT2D eigenvalue weighted by Crippen LogP contribution is -2.30. The summed E-state index contributed by atoms with van der Waals surface area (Å²) in [4.78, 5) is 12.5. The molecule has 58 valence electrons. The minimum atomic E-state index is 0.644. The fraction of sp³-hybridized carbons (Fsp3) is 0.444. The fourth-order valence-electron chi connectivity index (χ4n) is 1.18. The Morgan fingerprint density at radius 1 is 1.82 bits per heavy atom. The van der Waals surface area contributed by atoms with Gasteiger partial charge in [-0.1, -0.05) is 12.0 Å². The number of terminal acetylenes is 1. The highest BCUT2D eigenvalue weighted by atomic mass is 16.1. The number of aldehydes is 1. The van der Waals surface area contributed by atoms with Crippen LogP contribution in [-0.2, 0) is 4.79 Å².